The molecule has 1 aliphatic heterocycles. The maximum atomic E-state index is 5.98. The molecule has 2 unspecified atom stereocenters. The molecule has 0 aromatic carbocycles. The van der Waals surface area contributed by atoms with Crippen molar-refractivity contribution in [3.63, 3.8) is 0 Å². The van der Waals surface area contributed by atoms with Gasteiger partial charge in [0.05, 0.1) is 11.1 Å². The van der Waals surface area contributed by atoms with E-state index in [2.05, 4.69) is 38.4 Å². The van der Waals surface area contributed by atoms with Crippen molar-refractivity contribution in [3.8, 4) is 0 Å². The van der Waals surface area contributed by atoms with E-state index in [9.17, 15) is 0 Å². The molecule has 0 radical (unpaired) electrons. The summed E-state index contributed by atoms with van der Waals surface area (Å²) in [6.07, 6.45) is 3.07. The molecule has 18 heavy (non-hydrogen) atoms. The van der Waals surface area contributed by atoms with E-state index < -0.39 is 0 Å². The number of hydrogen-bond donors (Lipinski definition) is 1. The lowest BCUT2D eigenvalue weighted by molar-refractivity contribution is -0.103. The molecule has 1 N–H and O–H groups in total. The van der Waals surface area contributed by atoms with E-state index in [0.29, 0.717) is 0 Å². The Morgan fingerprint density at radius 1 is 1.50 bits per heavy atom. The quantitative estimate of drug-likeness (QED) is 0.910. The Hall–Kier alpha value is -0.450. The summed E-state index contributed by atoms with van der Waals surface area (Å²) >= 11 is 1.78. The monoisotopic (exact) mass is 268 g/mol. The first kappa shape index (κ1) is 14.0. The number of hydrogen-bond acceptors (Lipinski definition) is 4. The Kier molecular flexibility index (Phi) is 4.09. The fraction of sp³-hybridized carbons (Fsp3) is 0.786. The lowest BCUT2D eigenvalue weighted by Gasteiger charge is -2.45. The van der Waals surface area contributed by atoms with Gasteiger partial charge in [-0.2, -0.15) is 0 Å². The van der Waals surface area contributed by atoms with Gasteiger partial charge in [-0.1, -0.05) is 13.8 Å². The van der Waals surface area contributed by atoms with Gasteiger partial charge in [0.1, 0.15) is 5.01 Å². The molecular formula is C14H24N2OS. The molecule has 2 atom stereocenters. The average Bonchev–Trinajstić information content (AvgIpc) is 2.77. The van der Waals surface area contributed by atoms with E-state index in [1.165, 1.54) is 5.01 Å². The van der Waals surface area contributed by atoms with Gasteiger partial charge in [-0.3, -0.25) is 0 Å². The Morgan fingerprint density at radius 3 is 2.83 bits per heavy atom. The molecule has 1 saturated heterocycles. The van der Waals surface area contributed by atoms with Crippen LogP contribution in [-0.2, 0) is 10.3 Å². The van der Waals surface area contributed by atoms with E-state index in [1.807, 2.05) is 0 Å². The highest BCUT2D eigenvalue weighted by atomic mass is 32.1. The van der Waals surface area contributed by atoms with Crippen LogP contribution < -0.4 is 5.32 Å². The minimum absolute atomic E-state index is 0.0106. The van der Waals surface area contributed by atoms with Crippen molar-refractivity contribution in [3.05, 3.63) is 16.1 Å². The first-order valence-electron chi connectivity index (χ1n) is 6.85. The Labute approximate surface area is 114 Å². The van der Waals surface area contributed by atoms with Crippen LogP contribution in [0, 0.1) is 6.92 Å². The molecule has 0 spiro atoms. The normalized spacial score (nSPS) is 32.7. The van der Waals surface area contributed by atoms with Gasteiger partial charge >= 0.3 is 0 Å². The van der Waals surface area contributed by atoms with E-state index in [-0.39, 0.29) is 11.1 Å². The van der Waals surface area contributed by atoms with E-state index in [1.54, 1.807) is 11.3 Å². The molecule has 0 bridgehead atoms. The van der Waals surface area contributed by atoms with E-state index in [4.69, 9.17) is 9.72 Å². The topological polar surface area (TPSA) is 34.2 Å². The minimum Gasteiger partial charge on any atom is -0.375 e. The third-order valence-electron chi connectivity index (χ3n) is 3.95. The molecule has 1 aliphatic rings. The predicted molar refractivity (Wildman–Crippen MR) is 76.1 cm³/mol. The maximum absolute atomic E-state index is 5.98. The second kappa shape index (κ2) is 5.27. The van der Waals surface area contributed by atoms with Gasteiger partial charge in [0.15, 0.2) is 0 Å². The van der Waals surface area contributed by atoms with Crippen LogP contribution in [0.3, 0.4) is 0 Å². The zero-order valence-electron chi connectivity index (χ0n) is 11.9. The molecule has 4 heteroatoms. The van der Waals surface area contributed by atoms with E-state index in [0.717, 1.165) is 38.1 Å². The van der Waals surface area contributed by atoms with Gasteiger partial charge in [-0.05, 0) is 33.2 Å². The smallest absolute Gasteiger partial charge is 0.113 e. The second-order valence-electron chi connectivity index (χ2n) is 5.49. The molecule has 3 nitrogen and oxygen atoms in total. The summed E-state index contributed by atoms with van der Waals surface area (Å²) in [5.74, 6) is 0. The van der Waals surface area contributed by atoms with Gasteiger partial charge in [0.2, 0.25) is 0 Å². The van der Waals surface area contributed by atoms with Crippen LogP contribution in [0.2, 0.25) is 0 Å². The van der Waals surface area contributed by atoms with Crippen LogP contribution in [0.25, 0.3) is 0 Å². The molecule has 0 saturated carbocycles. The zero-order valence-corrected chi connectivity index (χ0v) is 12.7. The van der Waals surface area contributed by atoms with Crippen molar-refractivity contribution in [1.29, 1.82) is 0 Å². The standard InChI is InChI=1S/C14H24N2OS/c1-5-13(4)10-14(15-6-2,7-8-17-13)12-16-11(3)9-18-12/h9,15H,5-8,10H2,1-4H3. The number of thiazole rings is 1. The fourth-order valence-electron chi connectivity index (χ4n) is 2.80. The summed E-state index contributed by atoms with van der Waals surface area (Å²) in [5, 5.41) is 7.06. The average molecular weight is 268 g/mol. The lowest BCUT2D eigenvalue weighted by Crippen LogP contribution is -2.53. The predicted octanol–water partition coefficient (Wildman–Crippen LogP) is 3.24. The molecule has 2 heterocycles. The molecule has 0 aliphatic carbocycles. The Morgan fingerprint density at radius 2 is 2.28 bits per heavy atom. The van der Waals surface area contributed by atoms with Gasteiger partial charge < -0.3 is 10.1 Å². The highest BCUT2D eigenvalue weighted by Gasteiger charge is 2.44. The van der Waals surface area contributed by atoms with Crippen molar-refractivity contribution in [2.24, 2.45) is 0 Å². The summed E-state index contributed by atoms with van der Waals surface area (Å²) in [6.45, 7) is 10.4. The van der Waals surface area contributed by atoms with Gasteiger partial charge in [0, 0.05) is 24.1 Å². The molecule has 0 amide bonds. The molecule has 1 fully saturated rings. The van der Waals surface area contributed by atoms with Crippen LogP contribution in [0.5, 0.6) is 0 Å². The summed E-state index contributed by atoms with van der Waals surface area (Å²) in [4.78, 5) is 4.73. The second-order valence-corrected chi connectivity index (χ2v) is 6.34. The third kappa shape index (κ3) is 2.60. The highest BCUT2D eigenvalue weighted by molar-refractivity contribution is 7.09. The van der Waals surface area contributed by atoms with Crippen molar-refractivity contribution in [2.75, 3.05) is 13.2 Å². The number of ether oxygens (including phenoxy) is 1. The van der Waals surface area contributed by atoms with Crippen molar-refractivity contribution in [2.45, 2.75) is 58.1 Å². The molecule has 2 rings (SSSR count). The van der Waals surface area contributed by atoms with Crippen molar-refractivity contribution >= 4 is 11.3 Å². The van der Waals surface area contributed by atoms with Crippen LogP contribution in [0.1, 0.15) is 50.7 Å². The number of nitrogens with zero attached hydrogens (tertiary/aromatic N) is 1. The molecule has 102 valence electrons. The van der Waals surface area contributed by atoms with Crippen LogP contribution in [0.15, 0.2) is 5.38 Å². The SMILES string of the molecule is CCNC1(c2nc(C)cs2)CCOC(C)(CC)C1. The summed E-state index contributed by atoms with van der Waals surface area (Å²) in [5.41, 5.74) is 1.11. The van der Waals surface area contributed by atoms with Gasteiger partial charge in [-0.15, -0.1) is 11.3 Å². The lowest BCUT2D eigenvalue weighted by atomic mass is 9.79. The summed E-state index contributed by atoms with van der Waals surface area (Å²) in [7, 11) is 0. The van der Waals surface area contributed by atoms with Crippen LogP contribution in [0.4, 0.5) is 0 Å². The maximum Gasteiger partial charge on any atom is 0.113 e. The van der Waals surface area contributed by atoms with Gasteiger partial charge in [-0.25, -0.2) is 4.98 Å². The highest BCUT2D eigenvalue weighted by Crippen LogP contribution is 2.41. The van der Waals surface area contributed by atoms with Crippen molar-refractivity contribution < 1.29 is 4.74 Å². The fourth-order valence-corrected chi connectivity index (χ4v) is 3.80. The Balaban J connectivity index is 2.32. The van der Waals surface area contributed by atoms with E-state index >= 15 is 0 Å². The first-order valence-corrected chi connectivity index (χ1v) is 7.73. The van der Waals surface area contributed by atoms with Gasteiger partial charge in [0.25, 0.3) is 0 Å². The Bertz CT molecular complexity index is 402. The summed E-state index contributed by atoms with van der Waals surface area (Å²) in [6, 6.07) is 0. The first-order chi connectivity index (χ1) is 8.53. The number of aromatic nitrogens is 1. The largest absolute Gasteiger partial charge is 0.375 e. The van der Waals surface area contributed by atoms with Crippen molar-refractivity contribution in [1.82, 2.24) is 10.3 Å². The number of nitrogens with one attached hydrogen (secondary N) is 1. The third-order valence-corrected chi connectivity index (χ3v) is 5.11. The molecule has 1 aromatic rings. The van der Waals surface area contributed by atoms with Crippen LogP contribution in [-0.4, -0.2) is 23.7 Å². The summed E-state index contributed by atoms with van der Waals surface area (Å²) < 4.78 is 5.98. The zero-order chi connectivity index (χ0) is 13.2. The minimum atomic E-state index is -0.0278. The molecule has 1 aromatic heterocycles. The number of aryl methyl sites for hydroxylation is 1. The molecular weight excluding hydrogens is 244 g/mol. The number of rotatable bonds is 4. The van der Waals surface area contributed by atoms with Crippen LogP contribution >= 0.6 is 11.3 Å².